The molecule has 0 aromatic carbocycles. The van der Waals surface area contributed by atoms with Crippen molar-refractivity contribution in [1.29, 1.82) is 0 Å². The van der Waals surface area contributed by atoms with Gasteiger partial charge in [-0.2, -0.15) is 0 Å². The van der Waals surface area contributed by atoms with Crippen LogP contribution < -0.4 is 5.32 Å². The predicted octanol–water partition coefficient (Wildman–Crippen LogP) is -0.198. The molecule has 0 bridgehead atoms. The zero-order valence-electron chi connectivity index (χ0n) is 6.93. The molecule has 0 unspecified atom stereocenters. The Labute approximate surface area is 75.0 Å². The van der Waals surface area contributed by atoms with Gasteiger partial charge in [0.2, 0.25) is 5.91 Å². The van der Waals surface area contributed by atoms with E-state index in [1.807, 2.05) is 0 Å². The van der Waals surface area contributed by atoms with Gasteiger partial charge in [-0.05, 0) is 12.1 Å². The molecular formula is C8H10N2O3. The Balaban J connectivity index is 2.31. The molecule has 70 valence electrons. The minimum atomic E-state index is -0.972. The SMILES string of the molecule is O=C(O)CNCC(=O)n1cccc1. The van der Waals surface area contributed by atoms with Crippen LogP contribution >= 0.6 is 0 Å². The van der Waals surface area contributed by atoms with Gasteiger partial charge in [-0.15, -0.1) is 0 Å². The first-order valence-electron chi connectivity index (χ1n) is 3.79. The van der Waals surface area contributed by atoms with E-state index < -0.39 is 5.97 Å². The summed E-state index contributed by atoms with van der Waals surface area (Å²) < 4.78 is 1.40. The molecule has 0 radical (unpaired) electrons. The van der Waals surface area contributed by atoms with Crippen molar-refractivity contribution in [2.45, 2.75) is 0 Å². The summed E-state index contributed by atoms with van der Waals surface area (Å²) in [5.41, 5.74) is 0. The Morgan fingerprint density at radius 3 is 2.38 bits per heavy atom. The van der Waals surface area contributed by atoms with Gasteiger partial charge in [-0.1, -0.05) is 0 Å². The lowest BCUT2D eigenvalue weighted by Gasteiger charge is -2.01. The number of aromatic nitrogens is 1. The number of nitrogens with one attached hydrogen (secondary N) is 1. The van der Waals surface area contributed by atoms with E-state index in [9.17, 15) is 9.59 Å². The van der Waals surface area contributed by atoms with Gasteiger partial charge >= 0.3 is 5.97 Å². The molecule has 1 aromatic heterocycles. The summed E-state index contributed by atoms with van der Waals surface area (Å²) >= 11 is 0. The van der Waals surface area contributed by atoms with Gasteiger partial charge in [0.25, 0.3) is 0 Å². The second-order valence-corrected chi connectivity index (χ2v) is 2.48. The van der Waals surface area contributed by atoms with Crippen molar-refractivity contribution in [1.82, 2.24) is 9.88 Å². The Bertz CT molecular complexity index is 292. The van der Waals surface area contributed by atoms with E-state index >= 15 is 0 Å². The first-order chi connectivity index (χ1) is 6.20. The van der Waals surface area contributed by atoms with Crippen molar-refractivity contribution in [3.8, 4) is 0 Å². The number of aliphatic carboxylic acids is 1. The van der Waals surface area contributed by atoms with Crippen LogP contribution in [0.4, 0.5) is 0 Å². The summed E-state index contributed by atoms with van der Waals surface area (Å²) in [5.74, 6) is -1.15. The highest BCUT2D eigenvalue weighted by Crippen LogP contribution is 1.88. The largest absolute Gasteiger partial charge is 0.480 e. The molecule has 0 aliphatic rings. The number of carboxylic acids is 1. The van der Waals surface area contributed by atoms with Crippen molar-refractivity contribution in [3.63, 3.8) is 0 Å². The van der Waals surface area contributed by atoms with Crippen molar-refractivity contribution < 1.29 is 14.7 Å². The summed E-state index contributed by atoms with van der Waals surface area (Å²) in [7, 11) is 0. The highest BCUT2D eigenvalue weighted by molar-refractivity contribution is 5.81. The zero-order valence-corrected chi connectivity index (χ0v) is 6.93. The van der Waals surface area contributed by atoms with Gasteiger partial charge in [0.1, 0.15) is 0 Å². The van der Waals surface area contributed by atoms with Crippen LogP contribution in [0.15, 0.2) is 24.5 Å². The number of hydrogen-bond donors (Lipinski definition) is 2. The number of carbonyl (C=O) groups excluding carboxylic acids is 1. The maximum absolute atomic E-state index is 11.2. The maximum atomic E-state index is 11.2. The highest BCUT2D eigenvalue weighted by atomic mass is 16.4. The molecule has 13 heavy (non-hydrogen) atoms. The lowest BCUT2D eigenvalue weighted by atomic mass is 10.5. The molecule has 1 aromatic rings. The first kappa shape index (κ1) is 9.47. The summed E-state index contributed by atoms with van der Waals surface area (Å²) in [4.78, 5) is 21.3. The minimum Gasteiger partial charge on any atom is -0.480 e. The second-order valence-electron chi connectivity index (χ2n) is 2.48. The van der Waals surface area contributed by atoms with Gasteiger partial charge in [0, 0.05) is 12.4 Å². The lowest BCUT2D eigenvalue weighted by molar-refractivity contribution is -0.135. The van der Waals surface area contributed by atoms with E-state index in [2.05, 4.69) is 5.32 Å². The molecule has 0 atom stereocenters. The quantitative estimate of drug-likeness (QED) is 0.676. The standard InChI is InChI=1S/C8H10N2O3/c11-7(5-9-6-8(12)13)10-3-1-2-4-10/h1-4,9H,5-6H2,(H,12,13). The average molecular weight is 182 g/mol. The van der Waals surface area contributed by atoms with Crippen LogP contribution in [0.25, 0.3) is 0 Å². The van der Waals surface area contributed by atoms with E-state index in [1.165, 1.54) is 4.57 Å². The average Bonchev–Trinajstić information content (AvgIpc) is 2.55. The molecule has 1 heterocycles. The number of rotatable bonds is 4. The molecule has 0 aliphatic carbocycles. The normalized spacial score (nSPS) is 9.85. The lowest BCUT2D eigenvalue weighted by Crippen LogP contribution is -2.30. The van der Waals surface area contributed by atoms with Gasteiger partial charge in [-0.25, -0.2) is 0 Å². The van der Waals surface area contributed by atoms with E-state index in [4.69, 9.17) is 5.11 Å². The topological polar surface area (TPSA) is 71.3 Å². The molecule has 0 amide bonds. The highest BCUT2D eigenvalue weighted by Gasteiger charge is 2.03. The fraction of sp³-hybridized carbons (Fsp3) is 0.250. The second kappa shape index (κ2) is 4.42. The van der Waals surface area contributed by atoms with E-state index in [-0.39, 0.29) is 19.0 Å². The Kier molecular flexibility index (Phi) is 3.22. The monoisotopic (exact) mass is 182 g/mol. The van der Waals surface area contributed by atoms with Crippen LogP contribution in [-0.2, 0) is 4.79 Å². The summed E-state index contributed by atoms with van der Waals surface area (Å²) in [6.45, 7) is -0.173. The number of hydrogen-bond acceptors (Lipinski definition) is 3. The van der Waals surface area contributed by atoms with E-state index in [1.54, 1.807) is 24.5 Å². The molecule has 0 fully saturated rings. The zero-order chi connectivity index (χ0) is 9.68. The molecule has 5 heteroatoms. The van der Waals surface area contributed by atoms with Crippen LogP contribution in [0.1, 0.15) is 4.79 Å². The Hall–Kier alpha value is -1.62. The van der Waals surface area contributed by atoms with Crippen LogP contribution in [0, 0.1) is 0 Å². The fourth-order valence-corrected chi connectivity index (χ4v) is 0.868. The molecule has 0 aliphatic heterocycles. The van der Waals surface area contributed by atoms with Gasteiger partial charge in [-0.3, -0.25) is 19.5 Å². The minimum absolute atomic E-state index is 0.0287. The first-order valence-corrected chi connectivity index (χ1v) is 3.79. The Morgan fingerprint density at radius 1 is 1.23 bits per heavy atom. The fourth-order valence-electron chi connectivity index (χ4n) is 0.868. The third-order valence-electron chi connectivity index (χ3n) is 1.44. The van der Waals surface area contributed by atoms with E-state index in [0.717, 1.165) is 0 Å². The van der Waals surface area contributed by atoms with Crippen LogP contribution in [-0.4, -0.2) is 34.6 Å². The molecular weight excluding hydrogens is 172 g/mol. The third kappa shape index (κ3) is 3.08. The van der Waals surface area contributed by atoms with E-state index in [0.29, 0.717) is 0 Å². The number of carboxylic acid groups (broad SMARTS) is 1. The molecule has 2 N–H and O–H groups in total. The van der Waals surface area contributed by atoms with Crippen molar-refractivity contribution >= 4 is 11.9 Å². The van der Waals surface area contributed by atoms with Crippen LogP contribution in [0.2, 0.25) is 0 Å². The molecule has 0 spiro atoms. The Morgan fingerprint density at radius 2 is 1.85 bits per heavy atom. The van der Waals surface area contributed by atoms with Gasteiger partial charge < -0.3 is 5.11 Å². The number of nitrogens with zero attached hydrogens (tertiary/aromatic N) is 1. The molecule has 5 nitrogen and oxygen atoms in total. The van der Waals surface area contributed by atoms with Crippen molar-refractivity contribution in [2.24, 2.45) is 0 Å². The maximum Gasteiger partial charge on any atom is 0.317 e. The third-order valence-corrected chi connectivity index (χ3v) is 1.44. The molecule has 0 saturated carbocycles. The van der Waals surface area contributed by atoms with Gasteiger partial charge in [0.05, 0.1) is 13.1 Å². The van der Waals surface area contributed by atoms with Gasteiger partial charge in [0.15, 0.2) is 0 Å². The molecule has 1 rings (SSSR count). The summed E-state index contributed by atoms with van der Waals surface area (Å²) in [5, 5.41) is 10.8. The summed E-state index contributed by atoms with van der Waals surface area (Å²) in [6, 6.07) is 3.46. The van der Waals surface area contributed by atoms with Crippen molar-refractivity contribution in [3.05, 3.63) is 24.5 Å². The van der Waals surface area contributed by atoms with Crippen LogP contribution in [0.3, 0.4) is 0 Å². The smallest absolute Gasteiger partial charge is 0.317 e. The molecule has 0 saturated heterocycles. The summed E-state index contributed by atoms with van der Waals surface area (Å²) in [6.07, 6.45) is 3.23. The number of carbonyl (C=O) groups is 2. The van der Waals surface area contributed by atoms with Crippen LogP contribution in [0.5, 0.6) is 0 Å². The van der Waals surface area contributed by atoms with Crippen molar-refractivity contribution in [2.75, 3.05) is 13.1 Å². The predicted molar refractivity (Wildman–Crippen MR) is 45.6 cm³/mol.